The van der Waals surface area contributed by atoms with Crippen LogP contribution in [0.25, 0.3) is 0 Å². The lowest BCUT2D eigenvalue weighted by molar-refractivity contribution is -0.116. The summed E-state index contributed by atoms with van der Waals surface area (Å²) < 4.78 is 0. The molecular formula is C15H21NO2. The van der Waals surface area contributed by atoms with Crippen LogP contribution in [0.15, 0.2) is 24.3 Å². The van der Waals surface area contributed by atoms with Gasteiger partial charge in [-0.15, -0.1) is 0 Å². The molecule has 0 aliphatic heterocycles. The molecule has 1 N–H and O–H groups in total. The first-order valence-corrected chi connectivity index (χ1v) is 6.60. The first-order valence-electron chi connectivity index (χ1n) is 6.60. The van der Waals surface area contributed by atoms with Crippen molar-refractivity contribution in [2.45, 2.75) is 46.0 Å². The van der Waals surface area contributed by atoms with Crippen LogP contribution in [-0.2, 0) is 4.79 Å². The summed E-state index contributed by atoms with van der Waals surface area (Å²) in [7, 11) is 0. The fraction of sp³-hybridized carbons (Fsp3) is 0.467. The van der Waals surface area contributed by atoms with Gasteiger partial charge in [0.1, 0.15) is 0 Å². The molecule has 1 rings (SSSR count). The van der Waals surface area contributed by atoms with E-state index >= 15 is 0 Å². The van der Waals surface area contributed by atoms with Gasteiger partial charge >= 0.3 is 0 Å². The highest BCUT2D eigenvalue weighted by Gasteiger charge is 2.06. The Morgan fingerprint density at radius 2 is 1.89 bits per heavy atom. The predicted molar refractivity (Wildman–Crippen MR) is 73.8 cm³/mol. The summed E-state index contributed by atoms with van der Waals surface area (Å²) in [6, 6.07) is 7.16. The molecule has 3 heteroatoms. The van der Waals surface area contributed by atoms with Crippen molar-refractivity contribution in [1.82, 2.24) is 0 Å². The number of nitrogens with one attached hydrogen (secondary N) is 1. The lowest BCUT2D eigenvalue weighted by Crippen LogP contribution is -2.11. The minimum Gasteiger partial charge on any atom is -0.326 e. The molecule has 0 atom stereocenters. The molecule has 0 spiro atoms. The first kappa shape index (κ1) is 14.4. The summed E-state index contributed by atoms with van der Waals surface area (Å²) in [5.74, 6) is 0.138. The number of Topliss-reactive ketones (excluding diaryl/α,β-unsaturated/α-hetero) is 1. The summed E-state index contributed by atoms with van der Waals surface area (Å²) >= 11 is 0. The summed E-state index contributed by atoms with van der Waals surface area (Å²) in [4.78, 5) is 23.3. The van der Waals surface area contributed by atoms with Crippen molar-refractivity contribution in [2.75, 3.05) is 5.32 Å². The topological polar surface area (TPSA) is 46.2 Å². The van der Waals surface area contributed by atoms with Crippen LogP contribution < -0.4 is 5.32 Å². The maximum absolute atomic E-state index is 11.7. The molecule has 0 heterocycles. The van der Waals surface area contributed by atoms with E-state index in [1.807, 2.05) is 13.0 Å². The van der Waals surface area contributed by atoms with E-state index in [0.29, 0.717) is 24.1 Å². The number of carbonyl (C=O) groups excluding carboxylic acids is 2. The van der Waals surface area contributed by atoms with Gasteiger partial charge in [0, 0.05) is 24.1 Å². The van der Waals surface area contributed by atoms with Gasteiger partial charge in [0.15, 0.2) is 5.78 Å². The lowest BCUT2D eigenvalue weighted by Gasteiger charge is -2.06. The van der Waals surface area contributed by atoms with Gasteiger partial charge in [0.25, 0.3) is 0 Å². The highest BCUT2D eigenvalue weighted by molar-refractivity contribution is 5.98. The number of benzene rings is 1. The van der Waals surface area contributed by atoms with Gasteiger partial charge in [-0.1, -0.05) is 32.4 Å². The van der Waals surface area contributed by atoms with Crippen molar-refractivity contribution in [2.24, 2.45) is 0 Å². The van der Waals surface area contributed by atoms with Gasteiger partial charge in [-0.2, -0.15) is 0 Å². The summed E-state index contributed by atoms with van der Waals surface area (Å²) in [6.07, 6.45) is 3.81. The molecule has 0 bridgehead atoms. The Morgan fingerprint density at radius 1 is 1.11 bits per heavy atom. The second kappa shape index (κ2) is 7.64. The van der Waals surface area contributed by atoms with E-state index in [0.717, 1.165) is 19.3 Å². The Morgan fingerprint density at radius 3 is 2.56 bits per heavy atom. The molecule has 1 aromatic carbocycles. The minimum atomic E-state index is 0.0111. The van der Waals surface area contributed by atoms with E-state index in [9.17, 15) is 9.59 Å². The number of ketones is 1. The Bertz CT molecular complexity index is 413. The normalized spacial score (nSPS) is 10.1. The third kappa shape index (κ3) is 4.70. The second-order valence-electron chi connectivity index (χ2n) is 4.41. The van der Waals surface area contributed by atoms with Crippen LogP contribution in [0.1, 0.15) is 56.3 Å². The van der Waals surface area contributed by atoms with Crippen molar-refractivity contribution in [3.63, 3.8) is 0 Å². The maximum Gasteiger partial charge on any atom is 0.224 e. The zero-order valence-electron chi connectivity index (χ0n) is 11.2. The first-order chi connectivity index (χ1) is 8.67. The minimum absolute atomic E-state index is 0.0111. The van der Waals surface area contributed by atoms with Gasteiger partial charge < -0.3 is 5.32 Å². The monoisotopic (exact) mass is 247 g/mol. The van der Waals surface area contributed by atoms with Crippen LogP contribution in [0.3, 0.4) is 0 Å². The Hall–Kier alpha value is -1.64. The van der Waals surface area contributed by atoms with Crippen LogP contribution in [-0.4, -0.2) is 11.7 Å². The van der Waals surface area contributed by atoms with Gasteiger partial charge in [-0.3, -0.25) is 9.59 Å². The van der Waals surface area contributed by atoms with E-state index in [1.165, 1.54) is 0 Å². The summed E-state index contributed by atoms with van der Waals surface area (Å²) in [5, 5.41) is 2.82. The van der Waals surface area contributed by atoms with E-state index in [4.69, 9.17) is 0 Å². The van der Waals surface area contributed by atoms with Crippen LogP contribution >= 0.6 is 0 Å². The molecule has 1 amide bonds. The number of hydrogen-bond acceptors (Lipinski definition) is 2. The van der Waals surface area contributed by atoms with Crippen molar-refractivity contribution in [3.05, 3.63) is 29.8 Å². The summed E-state index contributed by atoms with van der Waals surface area (Å²) in [5.41, 5.74) is 1.38. The van der Waals surface area contributed by atoms with Crippen LogP contribution in [0, 0.1) is 0 Å². The molecule has 0 fully saturated rings. The third-order valence-corrected chi connectivity index (χ3v) is 2.70. The summed E-state index contributed by atoms with van der Waals surface area (Å²) in [6.45, 7) is 4.03. The van der Waals surface area contributed by atoms with Gasteiger partial charge in [-0.25, -0.2) is 0 Å². The molecular weight excluding hydrogens is 226 g/mol. The van der Waals surface area contributed by atoms with Crippen LogP contribution in [0.2, 0.25) is 0 Å². The van der Waals surface area contributed by atoms with E-state index in [1.54, 1.807) is 18.2 Å². The standard InChI is InChI=1S/C15H21NO2/c1-3-5-10-15(18)16-13-9-6-8-12(11-13)14(17)7-4-2/h6,8-9,11H,3-5,7,10H2,1-2H3,(H,16,18). The van der Waals surface area contributed by atoms with Gasteiger partial charge in [0.05, 0.1) is 0 Å². The third-order valence-electron chi connectivity index (χ3n) is 2.70. The quantitative estimate of drug-likeness (QED) is 0.745. The zero-order chi connectivity index (χ0) is 13.4. The largest absolute Gasteiger partial charge is 0.326 e. The fourth-order valence-corrected chi connectivity index (χ4v) is 1.70. The van der Waals surface area contributed by atoms with Crippen molar-refractivity contribution in [1.29, 1.82) is 0 Å². The molecule has 0 unspecified atom stereocenters. The van der Waals surface area contributed by atoms with Crippen LogP contribution in [0.5, 0.6) is 0 Å². The van der Waals surface area contributed by atoms with E-state index in [-0.39, 0.29) is 11.7 Å². The van der Waals surface area contributed by atoms with Crippen molar-refractivity contribution >= 4 is 17.4 Å². The Balaban J connectivity index is 2.64. The maximum atomic E-state index is 11.7. The number of unbranched alkanes of at least 4 members (excludes halogenated alkanes) is 1. The highest BCUT2D eigenvalue weighted by atomic mass is 16.1. The fourth-order valence-electron chi connectivity index (χ4n) is 1.70. The smallest absolute Gasteiger partial charge is 0.224 e. The Labute approximate surface area is 109 Å². The average molecular weight is 247 g/mol. The van der Waals surface area contributed by atoms with Crippen molar-refractivity contribution < 1.29 is 9.59 Å². The Kier molecular flexibility index (Phi) is 6.12. The molecule has 18 heavy (non-hydrogen) atoms. The average Bonchev–Trinajstić information content (AvgIpc) is 2.37. The number of amides is 1. The molecule has 3 nitrogen and oxygen atoms in total. The molecule has 0 saturated carbocycles. The molecule has 0 aliphatic rings. The number of carbonyl (C=O) groups is 2. The molecule has 0 radical (unpaired) electrons. The SMILES string of the molecule is CCCCC(=O)Nc1cccc(C(=O)CCC)c1. The predicted octanol–water partition coefficient (Wildman–Crippen LogP) is 3.80. The molecule has 0 aliphatic carbocycles. The van der Waals surface area contributed by atoms with Crippen molar-refractivity contribution in [3.8, 4) is 0 Å². The zero-order valence-corrected chi connectivity index (χ0v) is 11.2. The van der Waals surface area contributed by atoms with Gasteiger partial charge in [-0.05, 0) is 25.0 Å². The highest BCUT2D eigenvalue weighted by Crippen LogP contribution is 2.13. The molecule has 1 aromatic rings. The number of hydrogen-bond donors (Lipinski definition) is 1. The van der Waals surface area contributed by atoms with E-state index < -0.39 is 0 Å². The van der Waals surface area contributed by atoms with E-state index in [2.05, 4.69) is 12.2 Å². The van der Waals surface area contributed by atoms with Gasteiger partial charge in [0.2, 0.25) is 5.91 Å². The van der Waals surface area contributed by atoms with Crippen LogP contribution in [0.4, 0.5) is 5.69 Å². The molecule has 98 valence electrons. The molecule has 0 saturated heterocycles. The lowest BCUT2D eigenvalue weighted by atomic mass is 10.1. The number of rotatable bonds is 7. The number of anilines is 1. The molecule has 0 aromatic heterocycles. The second-order valence-corrected chi connectivity index (χ2v) is 4.41.